The maximum absolute atomic E-state index is 12.2. The zero-order chi connectivity index (χ0) is 17.3. The molecule has 1 amide bonds. The van der Waals surface area contributed by atoms with Gasteiger partial charge in [0.25, 0.3) is 0 Å². The molecule has 3 heterocycles. The van der Waals surface area contributed by atoms with E-state index in [2.05, 4.69) is 9.97 Å². The zero-order valence-corrected chi connectivity index (χ0v) is 14.9. The van der Waals surface area contributed by atoms with Gasteiger partial charge in [0.1, 0.15) is 5.60 Å². The van der Waals surface area contributed by atoms with E-state index in [1.165, 1.54) is 12.8 Å². The fourth-order valence-corrected chi connectivity index (χ4v) is 3.96. The largest absolute Gasteiger partial charge is 0.477 e. The van der Waals surface area contributed by atoms with Crippen molar-refractivity contribution < 1.29 is 14.3 Å². The van der Waals surface area contributed by atoms with Gasteiger partial charge in [-0.15, -0.1) is 0 Å². The number of rotatable bonds is 6. The van der Waals surface area contributed by atoms with E-state index in [-0.39, 0.29) is 5.60 Å². The van der Waals surface area contributed by atoms with Gasteiger partial charge in [-0.05, 0) is 50.9 Å². The van der Waals surface area contributed by atoms with E-state index >= 15 is 0 Å². The van der Waals surface area contributed by atoms with Crippen molar-refractivity contribution in [1.29, 1.82) is 0 Å². The summed E-state index contributed by atoms with van der Waals surface area (Å²) in [7, 11) is 0. The first-order valence-corrected chi connectivity index (χ1v) is 9.45. The number of nitrogens with zero attached hydrogens (tertiary/aromatic N) is 3. The standard InChI is InChI=1S/C19H27N3O3/c1-14-10-20-11-17(21-14)24-6-4-16-5-7-25-19(9-16)12-22(13-19)18(23)8-15-2-3-15/h10-11,15-16H,2-9,12-13H2,1H3/t16-/m1/s1. The van der Waals surface area contributed by atoms with Crippen molar-refractivity contribution in [3.63, 3.8) is 0 Å². The molecule has 0 radical (unpaired) electrons. The first kappa shape index (κ1) is 16.8. The van der Waals surface area contributed by atoms with Crippen molar-refractivity contribution in [3.05, 3.63) is 18.1 Å². The van der Waals surface area contributed by atoms with Crippen LogP contribution in [0.1, 0.15) is 44.2 Å². The third-order valence-electron chi connectivity index (χ3n) is 5.57. The van der Waals surface area contributed by atoms with Gasteiger partial charge >= 0.3 is 0 Å². The molecule has 3 aliphatic rings. The van der Waals surface area contributed by atoms with Crippen molar-refractivity contribution in [2.75, 3.05) is 26.3 Å². The van der Waals surface area contributed by atoms with Crippen LogP contribution in [0.4, 0.5) is 0 Å². The van der Waals surface area contributed by atoms with Crippen LogP contribution in [-0.4, -0.2) is 52.7 Å². The van der Waals surface area contributed by atoms with E-state index in [0.29, 0.717) is 30.2 Å². The number of aryl methyl sites for hydroxylation is 1. The molecule has 0 aromatic carbocycles. The highest BCUT2D eigenvalue weighted by atomic mass is 16.5. The van der Waals surface area contributed by atoms with Crippen LogP contribution in [0.15, 0.2) is 12.4 Å². The summed E-state index contributed by atoms with van der Waals surface area (Å²) >= 11 is 0. The van der Waals surface area contributed by atoms with Crippen LogP contribution in [0.2, 0.25) is 0 Å². The Morgan fingerprint density at radius 3 is 2.92 bits per heavy atom. The molecule has 4 rings (SSSR count). The van der Waals surface area contributed by atoms with Gasteiger partial charge in [-0.3, -0.25) is 9.78 Å². The number of carbonyl (C=O) groups is 1. The summed E-state index contributed by atoms with van der Waals surface area (Å²) < 4.78 is 11.8. The molecular weight excluding hydrogens is 318 g/mol. The van der Waals surface area contributed by atoms with Gasteiger partial charge < -0.3 is 14.4 Å². The summed E-state index contributed by atoms with van der Waals surface area (Å²) in [6, 6.07) is 0. The molecular formula is C19H27N3O3. The Morgan fingerprint density at radius 1 is 1.32 bits per heavy atom. The van der Waals surface area contributed by atoms with Gasteiger partial charge in [0.2, 0.25) is 11.8 Å². The minimum absolute atomic E-state index is 0.0920. The summed E-state index contributed by atoms with van der Waals surface area (Å²) in [5.74, 6) is 2.17. The molecule has 1 aliphatic carbocycles. The van der Waals surface area contributed by atoms with Gasteiger partial charge in [-0.2, -0.15) is 0 Å². The van der Waals surface area contributed by atoms with E-state index in [9.17, 15) is 4.79 Å². The fraction of sp³-hybridized carbons (Fsp3) is 0.737. The summed E-state index contributed by atoms with van der Waals surface area (Å²) in [6.45, 7) is 4.91. The predicted molar refractivity (Wildman–Crippen MR) is 92.2 cm³/mol. The van der Waals surface area contributed by atoms with Crippen LogP contribution in [0.25, 0.3) is 0 Å². The SMILES string of the molecule is Cc1cncc(OCC[C@@H]2CCOC3(C2)CN(C(=O)CC2CC2)C3)n1. The van der Waals surface area contributed by atoms with E-state index in [0.717, 1.165) is 51.1 Å². The topological polar surface area (TPSA) is 64.6 Å². The minimum Gasteiger partial charge on any atom is -0.477 e. The molecule has 0 bridgehead atoms. The first-order valence-electron chi connectivity index (χ1n) is 9.45. The number of ether oxygens (including phenoxy) is 2. The molecule has 6 heteroatoms. The van der Waals surface area contributed by atoms with Crippen LogP contribution in [0, 0.1) is 18.8 Å². The number of hydrogen-bond donors (Lipinski definition) is 0. The van der Waals surface area contributed by atoms with E-state index in [4.69, 9.17) is 9.47 Å². The third kappa shape index (κ3) is 4.11. The van der Waals surface area contributed by atoms with Crippen LogP contribution in [-0.2, 0) is 9.53 Å². The maximum atomic E-state index is 12.2. The highest BCUT2D eigenvalue weighted by Crippen LogP contribution is 2.40. The van der Waals surface area contributed by atoms with Crippen molar-refractivity contribution >= 4 is 5.91 Å². The number of aromatic nitrogens is 2. The Labute approximate surface area is 148 Å². The molecule has 0 unspecified atom stereocenters. The average molecular weight is 345 g/mol. The monoisotopic (exact) mass is 345 g/mol. The van der Waals surface area contributed by atoms with Gasteiger partial charge in [-0.25, -0.2) is 4.98 Å². The van der Waals surface area contributed by atoms with Crippen LogP contribution in [0.3, 0.4) is 0 Å². The van der Waals surface area contributed by atoms with E-state index < -0.39 is 0 Å². The number of carbonyl (C=O) groups excluding carboxylic acids is 1. The van der Waals surface area contributed by atoms with Gasteiger partial charge in [-0.1, -0.05) is 0 Å². The lowest BCUT2D eigenvalue weighted by molar-refractivity contribution is -0.189. The minimum atomic E-state index is -0.0920. The summed E-state index contributed by atoms with van der Waals surface area (Å²) in [4.78, 5) is 22.6. The molecule has 25 heavy (non-hydrogen) atoms. The molecule has 6 nitrogen and oxygen atoms in total. The molecule has 1 aromatic rings. The highest BCUT2D eigenvalue weighted by molar-refractivity contribution is 5.78. The Bertz CT molecular complexity index is 626. The lowest BCUT2D eigenvalue weighted by Crippen LogP contribution is -2.66. The molecule has 1 aromatic heterocycles. The number of likely N-dealkylation sites (tertiary alicyclic amines) is 1. The van der Waals surface area contributed by atoms with Crippen LogP contribution >= 0.6 is 0 Å². The summed E-state index contributed by atoms with van der Waals surface area (Å²) in [5, 5.41) is 0. The number of hydrogen-bond acceptors (Lipinski definition) is 5. The fourth-order valence-electron chi connectivity index (χ4n) is 3.96. The van der Waals surface area contributed by atoms with Crippen molar-refractivity contribution in [2.24, 2.45) is 11.8 Å². The highest BCUT2D eigenvalue weighted by Gasteiger charge is 2.49. The molecule has 2 aliphatic heterocycles. The molecule has 136 valence electrons. The molecule has 1 spiro atoms. The predicted octanol–water partition coefficient (Wildman–Crippen LogP) is 2.36. The first-order chi connectivity index (χ1) is 12.1. The molecule has 2 saturated heterocycles. The zero-order valence-electron chi connectivity index (χ0n) is 14.9. The van der Waals surface area contributed by atoms with Gasteiger partial charge in [0, 0.05) is 19.2 Å². The normalized spacial score (nSPS) is 24.8. The molecule has 1 saturated carbocycles. The summed E-state index contributed by atoms with van der Waals surface area (Å²) in [5.41, 5.74) is 0.776. The Hall–Kier alpha value is -1.69. The second-order valence-corrected chi connectivity index (χ2v) is 7.92. The third-order valence-corrected chi connectivity index (χ3v) is 5.57. The van der Waals surface area contributed by atoms with Crippen LogP contribution < -0.4 is 4.74 Å². The molecule has 0 N–H and O–H groups in total. The van der Waals surface area contributed by atoms with Gasteiger partial charge in [0.05, 0.1) is 31.6 Å². The average Bonchev–Trinajstić information content (AvgIpc) is 3.37. The molecule has 3 fully saturated rings. The smallest absolute Gasteiger partial charge is 0.232 e. The Kier molecular flexibility index (Phi) is 4.63. The molecule has 1 atom stereocenters. The second-order valence-electron chi connectivity index (χ2n) is 7.92. The lowest BCUT2D eigenvalue weighted by atomic mass is 9.79. The van der Waals surface area contributed by atoms with Crippen molar-refractivity contribution in [3.8, 4) is 5.88 Å². The van der Waals surface area contributed by atoms with E-state index in [1.54, 1.807) is 12.4 Å². The second kappa shape index (κ2) is 6.90. The summed E-state index contributed by atoms with van der Waals surface area (Å²) in [6.07, 6.45) is 9.68. The van der Waals surface area contributed by atoms with Crippen molar-refractivity contribution in [1.82, 2.24) is 14.9 Å². The lowest BCUT2D eigenvalue weighted by Gasteiger charge is -2.53. The number of amides is 1. The Balaban J connectivity index is 1.21. The van der Waals surface area contributed by atoms with E-state index in [1.807, 2.05) is 11.8 Å². The van der Waals surface area contributed by atoms with Gasteiger partial charge in [0.15, 0.2) is 0 Å². The maximum Gasteiger partial charge on any atom is 0.232 e. The van der Waals surface area contributed by atoms with Crippen LogP contribution in [0.5, 0.6) is 5.88 Å². The quantitative estimate of drug-likeness (QED) is 0.792. The van der Waals surface area contributed by atoms with Crippen molar-refractivity contribution in [2.45, 2.75) is 51.0 Å². The Morgan fingerprint density at radius 2 is 2.16 bits per heavy atom.